The molecule has 0 saturated heterocycles. The lowest BCUT2D eigenvalue weighted by atomic mass is 9.75. The van der Waals surface area contributed by atoms with Gasteiger partial charge < -0.3 is 10.2 Å². The average molecular weight is 313 g/mol. The highest BCUT2D eigenvalue weighted by molar-refractivity contribution is 6.30. The first-order valence-corrected chi connectivity index (χ1v) is 7.92. The predicted molar refractivity (Wildman–Crippen MR) is 88.2 cm³/mol. The van der Waals surface area contributed by atoms with Crippen LogP contribution in [0.4, 0.5) is 10.5 Å². The van der Waals surface area contributed by atoms with Crippen LogP contribution in [0.25, 0.3) is 0 Å². The van der Waals surface area contributed by atoms with E-state index in [9.17, 15) is 4.79 Å². The molecule has 1 aliphatic carbocycles. The number of hydrogen-bond donors (Lipinski definition) is 1. The van der Waals surface area contributed by atoms with Gasteiger partial charge >= 0.3 is 6.03 Å². The molecule has 0 bridgehead atoms. The third kappa shape index (κ3) is 1.78. The largest absolute Gasteiger partial charge is 0.322 e. The van der Waals surface area contributed by atoms with Crippen molar-refractivity contribution < 1.29 is 4.79 Å². The summed E-state index contributed by atoms with van der Waals surface area (Å²) in [6.45, 7) is 0. The molecule has 1 unspecified atom stereocenters. The van der Waals surface area contributed by atoms with Gasteiger partial charge in [-0.05, 0) is 42.5 Å². The number of amides is 2. The Morgan fingerprint density at radius 1 is 1.18 bits per heavy atom. The number of hydrogen-bond acceptors (Lipinski definition) is 1. The SMILES string of the molecule is CN1C(=O)Nc2ccc(Cl)cc2C1(c1ccccc1)C1CC1. The first-order valence-electron chi connectivity index (χ1n) is 7.54. The van der Waals surface area contributed by atoms with Gasteiger partial charge in [-0.15, -0.1) is 0 Å². The Morgan fingerprint density at radius 3 is 2.59 bits per heavy atom. The van der Waals surface area contributed by atoms with Crippen molar-refractivity contribution in [2.75, 3.05) is 12.4 Å². The Kier molecular flexibility index (Phi) is 2.95. The molecule has 4 rings (SSSR count). The van der Waals surface area contributed by atoms with E-state index in [0.29, 0.717) is 10.9 Å². The number of anilines is 1. The van der Waals surface area contributed by atoms with Gasteiger partial charge in [0.2, 0.25) is 0 Å². The highest BCUT2D eigenvalue weighted by atomic mass is 35.5. The molecule has 0 spiro atoms. The van der Waals surface area contributed by atoms with Crippen LogP contribution in [0.1, 0.15) is 24.0 Å². The summed E-state index contributed by atoms with van der Waals surface area (Å²) in [5.41, 5.74) is 2.68. The third-order valence-corrected chi connectivity index (χ3v) is 5.08. The Labute approximate surface area is 134 Å². The second-order valence-electron chi connectivity index (χ2n) is 6.09. The van der Waals surface area contributed by atoms with Crippen molar-refractivity contribution in [3.8, 4) is 0 Å². The van der Waals surface area contributed by atoms with Gasteiger partial charge in [-0.3, -0.25) is 0 Å². The number of halogens is 1. The van der Waals surface area contributed by atoms with E-state index in [4.69, 9.17) is 11.6 Å². The van der Waals surface area contributed by atoms with Crippen LogP contribution in [-0.2, 0) is 5.54 Å². The van der Waals surface area contributed by atoms with Gasteiger partial charge in [0.25, 0.3) is 0 Å². The molecular weight excluding hydrogens is 296 g/mol. The first kappa shape index (κ1) is 13.6. The fourth-order valence-corrected chi connectivity index (χ4v) is 3.92. The van der Waals surface area contributed by atoms with E-state index in [0.717, 1.165) is 29.7 Å². The van der Waals surface area contributed by atoms with Gasteiger partial charge in [0.15, 0.2) is 0 Å². The molecule has 1 fully saturated rings. The predicted octanol–water partition coefficient (Wildman–Crippen LogP) is 4.47. The van der Waals surface area contributed by atoms with Crippen molar-refractivity contribution in [1.29, 1.82) is 0 Å². The Balaban J connectivity index is 2.04. The fraction of sp³-hybridized carbons (Fsp3) is 0.278. The zero-order valence-electron chi connectivity index (χ0n) is 12.3. The molecule has 0 radical (unpaired) electrons. The quantitative estimate of drug-likeness (QED) is 0.871. The lowest BCUT2D eigenvalue weighted by Gasteiger charge is -2.47. The minimum atomic E-state index is -0.427. The molecule has 1 N–H and O–H groups in total. The number of urea groups is 1. The van der Waals surface area contributed by atoms with E-state index >= 15 is 0 Å². The molecule has 3 nitrogen and oxygen atoms in total. The summed E-state index contributed by atoms with van der Waals surface area (Å²) in [7, 11) is 1.88. The standard InChI is InChI=1S/C18H17ClN2O/c1-21-17(22)20-16-10-9-14(19)11-15(16)18(21,13-7-8-13)12-5-3-2-4-6-12/h2-6,9-11,13H,7-8H2,1H3,(H,20,22). The van der Waals surface area contributed by atoms with Crippen molar-refractivity contribution in [3.05, 3.63) is 64.7 Å². The topological polar surface area (TPSA) is 32.3 Å². The number of benzene rings is 2. The monoisotopic (exact) mass is 312 g/mol. The van der Waals surface area contributed by atoms with Crippen molar-refractivity contribution >= 4 is 23.3 Å². The maximum absolute atomic E-state index is 12.5. The first-order chi connectivity index (χ1) is 10.6. The molecule has 2 amide bonds. The molecule has 2 aliphatic rings. The van der Waals surface area contributed by atoms with Crippen molar-refractivity contribution in [1.82, 2.24) is 4.90 Å². The summed E-state index contributed by atoms with van der Waals surface area (Å²) in [5, 5.41) is 3.67. The molecule has 4 heteroatoms. The minimum absolute atomic E-state index is 0.0643. The van der Waals surface area contributed by atoms with Gasteiger partial charge in [-0.2, -0.15) is 0 Å². The van der Waals surface area contributed by atoms with E-state index < -0.39 is 5.54 Å². The van der Waals surface area contributed by atoms with Crippen LogP contribution in [0.2, 0.25) is 5.02 Å². The molecule has 2 aromatic rings. The molecule has 2 aromatic carbocycles. The Bertz CT molecular complexity index is 742. The van der Waals surface area contributed by atoms with Crippen LogP contribution in [-0.4, -0.2) is 18.0 Å². The van der Waals surface area contributed by atoms with Gasteiger partial charge in [0.1, 0.15) is 0 Å². The lowest BCUT2D eigenvalue weighted by Crippen LogP contribution is -2.54. The molecule has 1 heterocycles. The number of carbonyl (C=O) groups is 1. The summed E-state index contributed by atoms with van der Waals surface area (Å²) in [4.78, 5) is 14.4. The average Bonchev–Trinajstić information content (AvgIpc) is 3.36. The number of rotatable bonds is 2. The van der Waals surface area contributed by atoms with Crippen LogP contribution in [0.3, 0.4) is 0 Å². The van der Waals surface area contributed by atoms with Crippen LogP contribution in [0.15, 0.2) is 48.5 Å². The Morgan fingerprint density at radius 2 is 1.91 bits per heavy atom. The summed E-state index contributed by atoms with van der Waals surface area (Å²) >= 11 is 6.27. The minimum Gasteiger partial charge on any atom is -0.313 e. The van der Waals surface area contributed by atoms with Crippen molar-refractivity contribution in [3.63, 3.8) is 0 Å². The fourth-order valence-electron chi connectivity index (χ4n) is 3.75. The van der Waals surface area contributed by atoms with E-state index in [1.165, 1.54) is 0 Å². The van der Waals surface area contributed by atoms with E-state index in [1.807, 2.05) is 48.3 Å². The van der Waals surface area contributed by atoms with Gasteiger partial charge in [-0.25, -0.2) is 4.79 Å². The Hall–Kier alpha value is -2.00. The molecular formula is C18H17ClN2O. The van der Waals surface area contributed by atoms with Crippen molar-refractivity contribution in [2.45, 2.75) is 18.4 Å². The van der Waals surface area contributed by atoms with E-state index in [2.05, 4.69) is 17.4 Å². The molecule has 1 aliphatic heterocycles. The highest BCUT2D eigenvalue weighted by Gasteiger charge is 2.55. The van der Waals surface area contributed by atoms with E-state index in [1.54, 1.807) is 0 Å². The second kappa shape index (κ2) is 4.75. The zero-order valence-corrected chi connectivity index (χ0v) is 13.1. The summed E-state index contributed by atoms with van der Waals surface area (Å²) in [6, 6.07) is 16.0. The van der Waals surface area contributed by atoms with Gasteiger partial charge in [0.05, 0.1) is 5.54 Å². The normalized spacial score (nSPS) is 23.9. The zero-order chi connectivity index (χ0) is 15.3. The van der Waals surface area contributed by atoms with Crippen LogP contribution < -0.4 is 5.32 Å². The number of nitrogens with zero attached hydrogens (tertiary/aromatic N) is 1. The molecule has 1 saturated carbocycles. The van der Waals surface area contributed by atoms with Crippen molar-refractivity contribution in [2.24, 2.45) is 5.92 Å². The maximum atomic E-state index is 12.5. The summed E-state index contributed by atoms with van der Waals surface area (Å²) in [6.07, 6.45) is 2.25. The summed E-state index contributed by atoms with van der Waals surface area (Å²) in [5.74, 6) is 0.433. The van der Waals surface area contributed by atoms with Gasteiger partial charge in [-0.1, -0.05) is 41.9 Å². The third-order valence-electron chi connectivity index (χ3n) is 4.85. The maximum Gasteiger partial charge on any atom is 0.322 e. The molecule has 112 valence electrons. The van der Waals surface area contributed by atoms with Crippen LogP contribution >= 0.6 is 11.6 Å². The summed E-state index contributed by atoms with van der Waals surface area (Å²) < 4.78 is 0. The van der Waals surface area contributed by atoms with E-state index in [-0.39, 0.29) is 6.03 Å². The van der Waals surface area contributed by atoms with Crippen LogP contribution in [0.5, 0.6) is 0 Å². The smallest absolute Gasteiger partial charge is 0.313 e. The number of carbonyl (C=O) groups excluding carboxylic acids is 1. The second-order valence-corrected chi connectivity index (χ2v) is 6.52. The lowest BCUT2D eigenvalue weighted by molar-refractivity contribution is 0.149. The van der Waals surface area contributed by atoms with Gasteiger partial charge in [0, 0.05) is 23.3 Å². The number of fused-ring (bicyclic) bond motifs is 1. The molecule has 22 heavy (non-hydrogen) atoms. The van der Waals surface area contributed by atoms with Crippen LogP contribution in [0, 0.1) is 5.92 Å². The highest BCUT2D eigenvalue weighted by Crippen LogP contribution is 2.56. The molecule has 0 aromatic heterocycles. The molecule has 1 atom stereocenters. The number of nitrogens with one attached hydrogen (secondary N) is 1.